The average molecular weight is 401 g/mol. The molecule has 2 aromatic heterocycles. The maximum atomic E-state index is 6.08. The number of fused-ring (bicyclic) bond motifs is 1. The van der Waals surface area contributed by atoms with E-state index in [4.69, 9.17) is 11.6 Å². The van der Waals surface area contributed by atoms with Crippen LogP contribution < -0.4 is 0 Å². The molecule has 0 saturated heterocycles. The summed E-state index contributed by atoms with van der Waals surface area (Å²) in [5, 5.41) is 4.51. The van der Waals surface area contributed by atoms with Gasteiger partial charge in [-0.25, -0.2) is 4.98 Å². The Morgan fingerprint density at radius 2 is 2.15 bits per heavy atom. The molecule has 104 valence electrons. The van der Waals surface area contributed by atoms with Crippen LogP contribution in [0.4, 0.5) is 0 Å². The van der Waals surface area contributed by atoms with E-state index in [2.05, 4.69) is 62.4 Å². The van der Waals surface area contributed by atoms with Crippen molar-refractivity contribution >= 4 is 45.2 Å². The zero-order valence-electron chi connectivity index (χ0n) is 11.3. The van der Waals surface area contributed by atoms with E-state index >= 15 is 0 Å². The van der Waals surface area contributed by atoms with Gasteiger partial charge in [0, 0.05) is 16.8 Å². The molecule has 0 bridgehead atoms. The van der Waals surface area contributed by atoms with E-state index in [0.717, 1.165) is 34.7 Å². The Hall–Kier alpha value is -1.08. The SMILES string of the molecule is CCc1nn(C)cc1-n1c(CCl)nc2cc(I)ccc21. The van der Waals surface area contributed by atoms with Gasteiger partial charge in [-0.05, 0) is 47.2 Å². The average Bonchev–Trinajstić information content (AvgIpc) is 2.97. The van der Waals surface area contributed by atoms with E-state index in [1.165, 1.54) is 3.57 Å². The van der Waals surface area contributed by atoms with Crippen LogP contribution in [0.15, 0.2) is 24.4 Å². The summed E-state index contributed by atoms with van der Waals surface area (Å²) in [6.07, 6.45) is 2.90. The zero-order valence-corrected chi connectivity index (χ0v) is 14.2. The first-order valence-corrected chi connectivity index (χ1v) is 8.01. The van der Waals surface area contributed by atoms with Crippen LogP contribution in [0.2, 0.25) is 0 Å². The second-order valence-electron chi connectivity index (χ2n) is 4.62. The van der Waals surface area contributed by atoms with Gasteiger partial charge in [0.2, 0.25) is 0 Å². The van der Waals surface area contributed by atoms with E-state index in [1.807, 2.05) is 17.9 Å². The second kappa shape index (κ2) is 5.37. The number of rotatable bonds is 3. The van der Waals surface area contributed by atoms with Crippen molar-refractivity contribution in [2.45, 2.75) is 19.2 Å². The fraction of sp³-hybridized carbons (Fsp3) is 0.286. The summed E-state index contributed by atoms with van der Waals surface area (Å²) in [7, 11) is 1.94. The number of alkyl halides is 1. The van der Waals surface area contributed by atoms with Crippen LogP contribution in [-0.2, 0) is 19.3 Å². The third-order valence-electron chi connectivity index (χ3n) is 3.26. The van der Waals surface area contributed by atoms with Gasteiger partial charge in [0.05, 0.1) is 28.3 Å². The minimum atomic E-state index is 0.378. The highest BCUT2D eigenvalue weighted by Gasteiger charge is 2.16. The molecule has 0 N–H and O–H groups in total. The first kappa shape index (κ1) is 13.9. The molecule has 0 saturated carbocycles. The Labute approximate surface area is 135 Å². The van der Waals surface area contributed by atoms with Crippen LogP contribution >= 0.6 is 34.2 Å². The number of hydrogen-bond acceptors (Lipinski definition) is 2. The molecule has 0 fully saturated rings. The summed E-state index contributed by atoms with van der Waals surface area (Å²) < 4.78 is 5.12. The minimum absolute atomic E-state index is 0.378. The zero-order chi connectivity index (χ0) is 14.3. The molecule has 1 aromatic carbocycles. The van der Waals surface area contributed by atoms with Crippen LogP contribution in [0, 0.1) is 3.57 Å². The normalized spacial score (nSPS) is 11.4. The first-order chi connectivity index (χ1) is 9.63. The fourth-order valence-corrected chi connectivity index (χ4v) is 3.08. The summed E-state index contributed by atoms with van der Waals surface area (Å²) in [4.78, 5) is 4.64. The van der Waals surface area contributed by atoms with Crippen molar-refractivity contribution in [1.29, 1.82) is 0 Å². The van der Waals surface area contributed by atoms with Crippen molar-refractivity contribution in [2.75, 3.05) is 0 Å². The fourth-order valence-electron chi connectivity index (χ4n) is 2.42. The number of imidazole rings is 1. The van der Waals surface area contributed by atoms with Crippen LogP contribution in [-0.4, -0.2) is 19.3 Å². The summed E-state index contributed by atoms with van der Waals surface area (Å²) in [5.74, 6) is 1.23. The maximum Gasteiger partial charge on any atom is 0.129 e. The van der Waals surface area contributed by atoms with Gasteiger partial charge in [-0.15, -0.1) is 11.6 Å². The van der Waals surface area contributed by atoms with E-state index in [-0.39, 0.29) is 0 Å². The molecule has 3 aromatic rings. The Kier molecular flexibility index (Phi) is 3.72. The van der Waals surface area contributed by atoms with Crippen LogP contribution in [0.1, 0.15) is 18.4 Å². The summed E-state index contributed by atoms with van der Waals surface area (Å²) in [6, 6.07) is 6.25. The molecule has 0 aliphatic rings. The quantitative estimate of drug-likeness (QED) is 0.497. The standard InChI is InChI=1S/C14H14ClIN4/c1-3-10-13(8-19(2)18-10)20-12-5-4-9(16)6-11(12)17-14(20)7-15/h4-6,8H,3,7H2,1-2H3. The monoisotopic (exact) mass is 400 g/mol. The van der Waals surface area contributed by atoms with Gasteiger partial charge in [-0.3, -0.25) is 9.25 Å². The van der Waals surface area contributed by atoms with Gasteiger partial charge in [0.25, 0.3) is 0 Å². The largest absolute Gasteiger partial charge is 0.292 e. The Morgan fingerprint density at radius 3 is 2.85 bits per heavy atom. The molecule has 4 nitrogen and oxygen atoms in total. The summed E-state index contributed by atoms with van der Waals surface area (Å²) >= 11 is 8.38. The predicted octanol–water partition coefficient (Wildman–Crippen LogP) is 3.66. The summed E-state index contributed by atoms with van der Waals surface area (Å²) in [6.45, 7) is 2.11. The number of aromatic nitrogens is 4. The van der Waals surface area contributed by atoms with E-state index in [1.54, 1.807) is 0 Å². The molecule has 0 aliphatic heterocycles. The van der Waals surface area contributed by atoms with Crippen LogP contribution in [0.25, 0.3) is 16.7 Å². The predicted molar refractivity (Wildman–Crippen MR) is 89.5 cm³/mol. The molecule has 0 aliphatic carbocycles. The van der Waals surface area contributed by atoms with Crippen molar-refractivity contribution in [3.63, 3.8) is 0 Å². The van der Waals surface area contributed by atoms with Gasteiger partial charge < -0.3 is 0 Å². The molecular weight excluding hydrogens is 387 g/mol. The molecule has 0 unspecified atom stereocenters. The van der Waals surface area contributed by atoms with Gasteiger partial charge in [-0.1, -0.05) is 6.92 Å². The minimum Gasteiger partial charge on any atom is -0.292 e. The topological polar surface area (TPSA) is 35.6 Å². The number of benzene rings is 1. The maximum absolute atomic E-state index is 6.08. The summed E-state index contributed by atoms with van der Waals surface area (Å²) in [5.41, 5.74) is 4.16. The number of aryl methyl sites for hydroxylation is 2. The smallest absolute Gasteiger partial charge is 0.129 e. The molecule has 20 heavy (non-hydrogen) atoms. The molecular formula is C14H14ClIN4. The van der Waals surface area contributed by atoms with E-state index in [0.29, 0.717) is 5.88 Å². The van der Waals surface area contributed by atoms with Gasteiger partial charge in [0.1, 0.15) is 5.82 Å². The lowest BCUT2D eigenvalue weighted by Gasteiger charge is -2.06. The number of hydrogen-bond donors (Lipinski definition) is 0. The lowest BCUT2D eigenvalue weighted by Crippen LogP contribution is -2.01. The van der Waals surface area contributed by atoms with Crippen molar-refractivity contribution in [2.24, 2.45) is 7.05 Å². The van der Waals surface area contributed by atoms with Crippen LogP contribution in [0.3, 0.4) is 0 Å². The van der Waals surface area contributed by atoms with E-state index in [9.17, 15) is 0 Å². The lowest BCUT2D eigenvalue weighted by molar-refractivity contribution is 0.746. The van der Waals surface area contributed by atoms with Crippen molar-refractivity contribution in [1.82, 2.24) is 19.3 Å². The molecule has 0 spiro atoms. The van der Waals surface area contributed by atoms with Crippen molar-refractivity contribution < 1.29 is 0 Å². The lowest BCUT2D eigenvalue weighted by atomic mass is 10.2. The first-order valence-electron chi connectivity index (χ1n) is 6.39. The second-order valence-corrected chi connectivity index (χ2v) is 6.13. The highest BCUT2D eigenvalue weighted by atomic mass is 127. The molecule has 2 heterocycles. The number of nitrogens with zero attached hydrogens (tertiary/aromatic N) is 4. The van der Waals surface area contributed by atoms with Gasteiger partial charge in [-0.2, -0.15) is 5.10 Å². The van der Waals surface area contributed by atoms with Gasteiger partial charge >= 0.3 is 0 Å². The van der Waals surface area contributed by atoms with Crippen LogP contribution in [0.5, 0.6) is 0 Å². The Bertz CT molecular complexity index is 775. The third-order valence-corrected chi connectivity index (χ3v) is 4.17. The van der Waals surface area contributed by atoms with Crippen molar-refractivity contribution in [3.05, 3.63) is 39.5 Å². The highest BCUT2D eigenvalue weighted by molar-refractivity contribution is 14.1. The Morgan fingerprint density at radius 1 is 1.35 bits per heavy atom. The Balaban J connectivity index is 2.33. The molecule has 6 heteroatoms. The van der Waals surface area contributed by atoms with Gasteiger partial charge in [0.15, 0.2) is 0 Å². The van der Waals surface area contributed by atoms with Crippen molar-refractivity contribution in [3.8, 4) is 5.69 Å². The number of halogens is 2. The molecule has 0 radical (unpaired) electrons. The molecule has 0 atom stereocenters. The highest BCUT2D eigenvalue weighted by Crippen LogP contribution is 2.26. The molecule has 0 amide bonds. The van der Waals surface area contributed by atoms with E-state index < -0.39 is 0 Å². The third kappa shape index (κ3) is 2.22. The molecule has 3 rings (SSSR count).